The van der Waals surface area contributed by atoms with Gasteiger partial charge in [-0.15, -0.1) is 0 Å². The summed E-state index contributed by atoms with van der Waals surface area (Å²) in [5.41, 5.74) is 2.34. The molecule has 0 fully saturated rings. The molecule has 0 radical (unpaired) electrons. The molecule has 0 saturated carbocycles. The second kappa shape index (κ2) is 6.96. The molecule has 20 heavy (non-hydrogen) atoms. The van der Waals surface area contributed by atoms with Gasteiger partial charge in [0.25, 0.3) is 0 Å². The lowest BCUT2D eigenvalue weighted by atomic mass is 10.1. The molecule has 2 rings (SSSR count). The highest BCUT2D eigenvalue weighted by Crippen LogP contribution is 2.24. The number of benzene rings is 2. The van der Waals surface area contributed by atoms with E-state index in [1.165, 1.54) is 11.6 Å². The first-order valence-electron chi connectivity index (χ1n) is 6.93. The van der Waals surface area contributed by atoms with E-state index >= 15 is 0 Å². The number of hydrogen-bond acceptors (Lipinski definition) is 3. The third-order valence-corrected chi connectivity index (χ3v) is 3.33. The predicted octanol–water partition coefficient (Wildman–Crippen LogP) is 2.86. The Morgan fingerprint density at radius 1 is 0.950 bits per heavy atom. The molecule has 2 aromatic rings. The highest BCUT2D eigenvalue weighted by molar-refractivity contribution is 5.40. The Kier molecular flexibility index (Phi) is 5.02. The Bertz CT molecular complexity index is 540. The molecule has 0 aliphatic rings. The van der Waals surface area contributed by atoms with Crippen LogP contribution in [0.1, 0.15) is 18.1 Å². The van der Waals surface area contributed by atoms with Crippen LogP contribution in [0, 0.1) is 0 Å². The molecule has 0 heterocycles. The van der Waals surface area contributed by atoms with Gasteiger partial charge < -0.3 is 15.5 Å². The summed E-state index contributed by atoms with van der Waals surface area (Å²) in [5.74, 6) is -0.126. The Hall–Kier alpha value is -2.00. The molecule has 3 heteroatoms. The molecule has 1 unspecified atom stereocenters. The zero-order valence-electron chi connectivity index (χ0n) is 11.7. The van der Waals surface area contributed by atoms with Crippen LogP contribution in [0.4, 0.5) is 0 Å². The Balaban J connectivity index is 1.76. The van der Waals surface area contributed by atoms with E-state index in [0.717, 1.165) is 24.9 Å². The fourth-order valence-electron chi connectivity index (χ4n) is 2.23. The van der Waals surface area contributed by atoms with E-state index < -0.39 is 0 Å². The van der Waals surface area contributed by atoms with Crippen LogP contribution in [-0.2, 0) is 12.8 Å². The van der Waals surface area contributed by atoms with Crippen LogP contribution in [0.5, 0.6) is 11.5 Å². The van der Waals surface area contributed by atoms with E-state index in [1.807, 2.05) is 12.1 Å². The van der Waals surface area contributed by atoms with Crippen molar-refractivity contribution in [2.45, 2.75) is 25.8 Å². The number of aromatic hydroxyl groups is 2. The average Bonchev–Trinajstić information content (AvgIpc) is 2.44. The van der Waals surface area contributed by atoms with Gasteiger partial charge >= 0.3 is 0 Å². The van der Waals surface area contributed by atoms with E-state index in [-0.39, 0.29) is 11.5 Å². The lowest BCUT2D eigenvalue weighted by molar-refractivity contribution is 0.403. The summed E-state index contributed by atoms with van der Waals surface area (Å²) >= 11 is 0. The molecule has 2 aromatic carbocycles. The normalized spacial score (nSPS) is 12.2. The highest BCUT2D eigenvalue weighted by Gasteiger charge is 2.04. The first kappa shape index (κ1) is 14.4. The zero-order valence-corrected chi connectivity index (χ0v) is 11.7. The van der Waals surface area contributed by atoms with Crippen LogP contribution in [0.15, 0.2) is 48.5 Å². The van der Waals surface area contributed by atoms with Gasteiger partial charge in [0.15, 0.2) is 11.5 Å². The fraction of sp³-hybridized carbons (Fsp3) is 0.294. The molecule has 0 aliphatic heterocycles. The van der Waals surface area contributed by atoms with Gasteiger partial charge in [-0.25, -0.2) is 0 Å². The zero-order chi connectivity index (χ0) is 14.4. The maximum Gasteiger partial charge on any atom is 0.157 e. The average molecular weight is 271 g/mol. The van der Waals surface area contributed by atoms with Crippen molar-refractivity contribution in [2.75, 3.05) is 6.54 Å². The SMILES string of the molecule is CC(Cc1ccccc1)NCCc1ccc(O)c(O)c1. The minimum absolute atomic E-state index is 0.0557. The van der Waals surface area contributed by atoms with Gasteiger partial charge in [0.2, 0.25) is 0 Å². The van der Waals surface area contributed by atoms with Crippen LogP contribution >= 0.6 is 0 Å². The quantitative estimate of drug-likeness (QED) is 0.708. The monoisotopic (exact) mass is 271 g/mol. The smallest absolute Gasteiger partial charge is 0.157 e. The van der Waals surface area contributed by atoms with Crippen LogP contribution < -0.4 is 5.32 Å². The Morgan fingerprint density at radius 3 is 2.40 bits per heavy atom. The molecule has 1 atom stereocenters. The molecule has 0 aromatic heterocycles. The van der Waals surface area contributed by atoms with Crippen molar-refractivity contribution in [3.05, 3.63) is 59.7 Å². The van der Waals surface area contributed by atoms with Crippen LogP contribution in [0.25, 0.3) is 0 Å². The van der Waals surface area contributed by atoms with Crippen molar-refractivity contribution in [1.82, 2.24) is 5.32 Å². The van der Waals surface area contributed by atoms with Crippen LogP contribution in [-0.4, -0.2) is 22.8 Å². The predicted molar refractivity (Wildman–Crippen MR) is 81.1 cm³/mol. The van der Waals surface area contributed by atoms with Crippen molar-refractivity contribution in [3.63, 3.8) is 0 Å². The van der Waals surface area contributed by atoms with Crippen molar-refractivity contribution in [2.24, 2.45) is 0 Å². The summed E-state index contributed by atoms with van der Waals surface area (Å²) in [6.45, 7) is 3.01. The molecular weight excluding hydrogens is 250 g/mol. The molecule has 0 bridgehead atoms. The lowest BCUT2D eigenvalue weighted by Crippen LogP contribution is -2.29. The number of rotatable bonds is 6. The highest BCUT2D eigenvalue weighted by atomic mass is 16.3. The lowest BCUT2D eigenvalue weighted by Gasteiger charge is -2.14. The maximum atomic E-state index is 9.43. The van der Waals surface area contributed by atoms with Gasteiger partial charge in [-0.05, 0) is 49.6 Å². The van der Waals surface area contributed by atoms with E-state index in [9.17, 15) is 10.2 Å². The Labute approximate surface area is 119 Å². The minimum Gasteiger partial charge on any atom is -0.504 e. The minimum atomic E-state index is -0.0702. The molecular formula is C17H21NO2. The van der Waals surface area contributed by atoms with Gasteiger partial charge in [-0.2, -0.15) is 0 Å². The fourth-order valence-corrected chi connectivity index (χ4v) is 2.23. The van der Waals surface area contributed by atoms with E-state index in [2.05, 4.69) is 36.5 Å². The largest absolute Gasteiger partial charge is 0.504 e. The van der Waals surface area contributed by atoms with Crippen molar-refractivity contribution in [1.29, 1.82) is 0 Å². The number of phenolic OH excluding ortho intramolecular Hbond substituents is 2. The number of hydrogen-bond donors (Lipinski definition) is 3. The van der Waals surface area contributed by atoms with E-state index in [1.54, 1.807) is 6.07 Å². The van der Waals surface area contributed by atoms with Crippen LogP contribution in [0.2, 0.25) is 0 Å². The molecule has 3 N–H and O–H groups in total. The number of phenols is 2. The molecule has 0 saturated heterocycles. The van der Waals surface area contributed by atoms with Gasteiger partial charge in [-0.3, -0.25) is 0 Å². The Morgan fingerprint density at radius 2 is 1.70 bits per heavy atom. The second-order valence-corrected chi connectivity index (χ2v) is 5.12. The standard InChI is InChI=1S/C17H21NO2/c1-13(11-14-5-3-2-4-6-14)18-10-9-15-7-8-16(19)17(20)12-15/h2-8,12-13,18-20H,9-11H2,1H3. The summed E-state index contributed by atoms with van der Waals surface area (Å²) < 4.78 is 0. The molecule has 3 nitrogen and oxygen atoms in total. The van der Waals surface area contributed by atoms with Crippen LogP contribution in [0.3, 0.4) is 0 Å². The summed E-state index contributed by atoms with van der Waals surface area (Å²) in [7, 11) is 0. The van der Waals surface area contributed by atoms with E-state index in [4.69, 9.17) is 0 Å². The maximum absolute atomic E-state index is 9.43. The van der Waals surface area contributed by atoms with Gasteiger partial charge in [0.05, 0.1) is 0 Å². The van der Waals surface area contributed by atoms with Crippen molar-refractivity contribution in [3.8, 4) is 11.5 Å². The van der Waals surface area contributed by atoms with Crippen molar-refractivity contribution >= 4 is 0 Å². The summed E-state index contributed by atoms with van der Waals surface area (Å²) in [4.78, 5) is 0. The summed E-state index contributed by atoms with van der Waals surface area (Å²) in [6.07, 6.45) is 1.83. The van der Waals surface area contributed by atoms with Gasteiger partial charge in [0.1, 0.15) is 0 Å². The molecule has 0 spiro atoms. The third-order valence-electron chi connectivity index (χ3n) is 3.33. The molecule has 106 valence electrons. The third kappa shape index (κ3) is 4.28. The summed E-state index contributed by atoms with van der Waals surface area (Å²) in [6, 6.07) is 15.8. The first-order chi connectivity index (χ1) is 9.65. The number of nitrogens with one attached hydrogen (secondary N) is 1. The topological polar surface area (TPSA) is 52.5 Å². The molecule has 0 aliphatic carbocycles. The van der Waals surface area contributed by atoms with Gasteiger partial charge in [0, 0.05) is 6.04 Å². The summed E-state index contributed by atoms with van der Waals surface area (Å²) in [5, 5.41) is 22.2. The molecule has 0 amide bonds. The van der Waals surface area contributed by atoms with Gasteiger partial charge in [-0.1, -0.05) is 36.4 Å². The first-order valence-corrected chi connectivity index (χ1v) is 6.93. The van der Waals surface area contributed by atoms with Crippen molar-refractivity contribution < 1.29 is 10.2 Å². The van der Waals surface area contributed by atoms with E-state index in [0.29, 0.717) is 6.04 Å². The second-order valence-electron chi connectivity index (χ2n) is 5.12.